The number of hydrogen-bond acceptors (Lipinski definition) is 6. The van der Waals surface area contributed by atoms with E-state index in [1.165, 1.54) is 19.2 Å². The second-order valence-corrected chi connectivity index (χ2v) is 5.44. The molecule has 0 aliphatic carbocycles. The van der Waals surface area contributed by atoms with Crippen LogP contribution in [0.3, 0.4) is 0 Å². The standard InChI is InChI=1S/C18H21N3O5.ClH/c1-3-26-17-10-15(21(23)24)13(9-16(17)25-2)18(22)20-11-14(19)12-7-5-4-6-8-12;/h4-10,14H,3,11,19H2,1-2H3,(H,20,22);1H. The number of methoxy groups -OCH3 is 1. The summed E-state index contributed by atoms with van der Waals surface area (Å²) in [6.07, 6.45) is 0. The average molecular weight is 396 g/mol. The molecule has 0 aliphatic rings. The highest BCUT2D eigenvalue weighted by Crippen LogP contribution is 2.34. The SMILES string of the molecule is CCOc1cc([N+](=O)[O-])c(C(=O)NCC(N)c2ccccc2)cc1OC.Cl. The molecule has 0 fully saturated rings. The van der Waals surface area contributed by atoms with Gasteiger partial charge >= 0.3 is 0 Å². The lowest BCUT2D eigenvalue weighted by Gasteiger charge is -2.14. The lowest BCUT2D eigenvalue weighted by atomic mass is 10.1. The van der Waals surface area contributed by atoms with Crippen LogP contribution >= 0.6 is 12.4 Å². The molecule has 146 valence electrons. The van der Waals surface area contributed by atoms with Crippen molar-refractivity contribution in [3.05, 3.63) is 63.7 Å². The van der Waals surface area contributed by atoms with E-state index in [2.05, 4.69) is 5.32 Å². The summed E-state index contributed by atoms with van der Waals surface area (Å²) in [5.74, 6) is -0.154. The van der Waals surface area contributed by atoms with Crippen molar-refractivity contribution in [1.82, 2.24) is 5.32 Å². The van der Waals surface area contributed by atoms with Gasteiger partial charge in [0.15, 0.2) is 11.5 Å². The highest BCUT2D eigenvalue weighted by molar-refractivity contribution is 5.99. The normalized spacial score (nSPS) is 11.1. The molecular formula is C18H22ClN3O5. The monoisotopic (exact) mass is 395 g/mol. The van der Waals surface area contributed by atoms with Crippen molar-refractivity contribution in [2.75, 3.05) is 20.3 Å². The van der Waals surface area contributed by atoms with E-state index in [0.29, 0.717) is 6.61 Å². The molecule has 0 bridgehead atoms. The molecule has 0 spiro atoms. The first-order chi connectivity index (χ1) is 12.5. The number of nitrogens with two attached hydrogens (primary N) is 1. The van der Waals surface area contributed by atoms with Crippen LogP contribution in [0.15, 0.2) is 42.5 Å². The number of rotatable bonds is 8. The lowest BCUT2D eigenvalue weighted by Crippen LogP contribution is -2.32. The van der Waals surface area contributed by atoms with Crippen molar-refractivity contribution < 1.29 is 19.2 Å². The average Bonchev–Trinajstić information content (AvgIpc) is 2.66. The fraction of sp³-hybridized carbons (Fsp3) is 0.278. The summed E-state index contributed by atoms with van der Waals surface area (Å²) >= 11 is 0. The molecule has 0 aromatic heterocycles. The van der Waals surface area contributed by atoms with E-state index in [1.807, 2.05) is 30.3 Å². The zero-order valence-electron chi connectivity index (χ0n) is 15.0. The van der Waals surface area contributed by atoms with E-state index in [4.69, 9.17) is 15.2 Å². The number of halogens is 1. The number of nitrogens with zero attached hydrogens (tertiary/aromatic N) is 1. The van der Waals surface area contributed by atoms with Crippen molar-refractivity contribution in [3.8, 4) is 11.5 Å². The predicted molar refractivity (Wildman–Crippen MR) is 104 cm³/mol. The lowest BCUT2D eigenvalue weighted by molar-refractivity contribution is -0.385. The van der Waals surface area contributed by atoms with Crippen LogP contribution in [0.5, 0.6) is 11.5 Å². The maximum atomic E-state index is 12.5. The Balaban J connectivity index is 0.00000364. The number of nitro groups is 1. The number of nitro benzene ring substituents is 1. The molecule has 9 heteroatoms. The molecule has 0 saturated heterocycles. The highest BCUT2D eigenvalue weighted by atomic mass is 35.5. The molecule has 2 rings (SSSR count). The Kier molecular flexibility index (Phi) is 8.50. The number of ether oxygens (including phenoxy) is 2. The zero-order valence-corrected chi connectivity index (χ0v) is 15.8. The molecular weight excluding hydrogens is 374 g/mol. The Morgan fingerprint density at radius 3 is 2.48 bits per heavy atom. The van der Waals surface area contributed by atoms with E-state index < -0.39 is 16.9 Å². The van der Waals surface area contributed by atoms with Crippen LogP contribution in [0, 0.1) is 10.1 Å². The first kappa shape index (κ1) is 22.2. The van der Waals surface area contributed by atoms with Crippen LogP contribution in [0.4, 0.5) is 5.69 Å². The largest absolute Gasteiger partial charge is 0.493 e. The van der Waals surface area contributed by atoms with Crippen LogP contribution in [-0.2, 0) is 0 Å². The van der Waals surface area contributed by atoms with Crippen LogP contribution in [0.25, 0.3) is 0 Å². The third-order valence-electron chi connectivity index (χ3n) is 3.73. The van der Waals surface area contributed by atoms with Gasteiger partial charge in [-0.1, -0.05) is 30.3 Å². The summed E-state index contributed by atoms with van der Waals surface area (Å²) in [6.45, 7) is 2.19. The Morgan fingerprint density at radius 1 is 1.26 bits per heavy atom. The van der Waals surface area contributed by atoms with Crippen LogP contribution < -0.4 is 20.5 Å². The molecule has 0 radical (unpaired) electrons. The fourth-order valence-electron chi connectivity index (χ4n) is 2.43. The number of carbonyl (C=O) groups is 1. The van der Waals surface area contributed by atoms with Gasteiger partial charge in [-0.2, -0.15) is 0 Å². The fourth-order valence-corrected chi connectivity index (χ4v) is 2.43. The Bertz CT molecular complexity index is 786. The Morgan fingerprint density at radius 2 is 1.93 bits per heavy atom. The summed E-state index contributed by atoms with van der Waals surface area (Å²) in [4.78, 5) is 23.2. The first-order valence-electron chi connectivity index (χ1n) is 8.05. The van der Waals surface area contributed by atoms with Crippen LogP contribution in [0.2, 0.25) is 0 Å². The molecule has 0 aliphatic heterocycles. The van der Waals surface area contributed by atoms with Gasteiger partial charge in [-0.15, -0.1) is 12.4 Å². The molecule has 3 N–H and O–H groups in total. The Hall–Kier alpha value is -2.84. The number of hydrogen-bond donors (Lipinski definition) is 2. The van der Waals surface area contributed by atoms with Crippen LogP contribution in [0.1, 0.15) is 28.9 Å². The number of nitrogens with one attached hydrogen (secondary N) is 1. The predicted octanol–water partition coefficient (Wildman–Crippen LogP) is 2.85. The number of benzene rings is 2. The summed E-state index contributed by atoms with van der Waals surface area (Å²) in [5, 5.41) is 14.0. The summed E-state index contributed by atoms with van der Waals surface area (Å²) in [7, 11) is 1.40. The van der Waals surface area contributed by atoms with Gasteiger partial charge < -0.3 is 20.5 Å². The maximum absolute atomic E-state index is 12.5. The first-order valence-corrected chi connectivity index (χ1v) is 8.05. The minimum Gasteiger partial charge on any atom is -0.493 e. The molecule has 0 heterocycles. The highest BCUT2D eigenvalue weighted by Gasteiger charge is 2.25. The van der Waals surface area contributed by atoms with Crippen molar-refractivity contribution in [2.24, 2.45) is 5.73 Å². The van der Waals surface area contributed by atoms with E-state index in [-0.39, 0.29) is 41.7 Å². The van der Waals surface area contributed by atoms with Gasteiger partial charge in [0.05, 0.1) is 24.7 Å². The van der Waals surface area contributed by atoms with E-state index in [0.717, 1.165) is 5.56 Å². The van der Waals surface area contributed by atoms with Gasteiger partial charge in [0.2, 0.25) is 0 Å². The summed E-state index contributed by atoms with van der Waals surface area (Å²) in [5.41, 5.74) is 6.42. The molecule has 2 aromatic carbocycles. The second-order valence-electron chi connectivity index (χ2n) is 5.44. The quantitative estimate of drug-likeness (QED) is 0.524. The summed E-state index contributed by atoms with van der Waals surface area (Å²) in [6, 6.07) is 11.3. The van der Waals surface area contributed by atoms with Gasteiger partial charge in [0.25, 0.3) is 11.6 Å². The minimum atomic E-state index is -0.631. The maximum Gasteiger partial charge on any atom is 0.286 e. The van der Waals surface area contributed by atoms with E-state index >= 15 is 0 Å². The third kappa shape index (κ3) is 5.57. The van der Waals surface area contributed by atoms with Gasteiger partial charge in [-0.25, -0.2) is 0 Å². The van der Waals surface area contributed by atoms with Gasteiger partial charge in [-0.3, -0.25) is 14.9 Å². The third-order valence-corrected chi connectivity index (χ3v) is 3.73. The van der Waals surface area contributed by atoms with Crippen LogP contribution in [-0.4, -0.2) is 31.1 Å². The molecule has 0 saturated carbocycles. The minimum absolute atomic E-state index is 0. The molecule has 2 aromatic rings. The number of amides is 1. The number of carbonyl (C=O) groups excluding carboxylic acids is 1. The summed E-state index contributed by atoms with van der Waals surface area (Å²) < 4.78 is 10.5. The van der Waals surface area contributed by atoms with E-state index in [1.54, 1.807) is 6.92 Å². The zero-order chi connectivity index (χ0) is 19.1. The molecule has 1 atom stereocenters. The van der Waals surface area contributed by atoms with Gasteiger partial charge in [0, 0.05) is 18.7 Å². The van der Waals surface area contributed by atoms with Crippen molar-refractivity contribution >= 4 is 24.0 Å². The Labute approximate surface area is 163 Å². The van der Waals surface area contributed by atoms with Crippen molar-refractivity contribution in [1.29, 1.82) is 0 Å². The second kappa shape index (κ2) is 10.3. The topological polar surface area (TPSA) is 117 Å². The van der Waals surface area contributed by atoms with E-state index in [9.17, 15) is 14.9 Å². The van der Waals surface area contributed by atoms with Crippen molar-refractivity contribution in [3.63, 3.8) is 0 Å². The molecule has 1 unspecified atom stereocenters. The molecule has 1 amide bonds. The molecule has 8 nitrogen and oxygen atoms in total. The van der Waals surface area contributed by atoms with Gasteiger partial charge in [-0.05, 0) is 12.5 Å². The van der Waals surface area contributed by atoms with Gasteiger partial charge in [0.1, 0.15) is 5.56 Å². The smallest absolute Gasteiger partial charge is 0.286 e. The molecule has 27 heavy (non-hydrogen) atoms. The van der Waals surface area contributed by atoms with Crippen molar-refractivity contribution in [2.45, 2.75) is 13.0 Å².